The first-order chi connectivity index (χ1) is 15.1. The third kappa shape index (κ3) is 3.98. The molecule has 5 rings (SSSR count). The van der Waals surface area contributed by atoms with Crippen molar-refractivity contribution in [2.24, 2.45) is 5.92 Å². The number of nitrogens with one attached hydrogen (secondary N) is 1. The number of halogens is 1. The van der Waals surface area contributed by atoms with Crippen molar-refractivity contribution < 1.29 is 14.0 Å². The summed E-state index contributed by atoms with van der Waals surface area (Å²) in [6, 6.07) is 6.33. The molecule has 0 radical (unpaired) electrons. The lowest BCUT2D eigenvalue weighted by Gasteiger charge is -2.18. The van der Waals surface area contributed by atoms with E-state index >= 15 is 0 Å². The second-order valence-electron chi connectivity index (χ2n) is 9.06. The van der Waals surface area contributed by atoms with E-state index in [4.69, 9.17) is 5.10 Å². The number of rotatable bonds is 5. The molecule has 2 aromatic rings. The van der Waals surface area contributed by atoms with Gasteiger partial charge < -0.3 is 10.2 Å². The minimum atomic E-state index is -0.398. The Hall–Kier alpha value is -2.70. The fraction of sp³-hybridized carbons (Fsp3) is 0.542. The minimum absolute atomic E-state index is 0.102. The first kappa shape index (κ1) is 20.2. The summed E-state index contributed by atoms with van der Waals surface area (Å²) < 4.78 is 15.4. The molecule has 1 aromatic heterocycles. The zero-order chi connectivity index (χ0) is 21.4. The van der Waals surface area contributed by atoms with Crippen LogP contribution in [-0.4, -0.2) is 28.1 Å². The molecule has 1 saturated carbocycles. The van der Waals surface area contributed by atoms with Crippen molar-refractivity contribution in [1.82, 2.24) is 15.1 Å². The fourth-order valence-corrected chi connectivity index (χ4v) is 5.37. The SMILES string of the molecule is O=C(NCc1nn(C2CCCC2)c2c1CCCC2)[C@H]1CC(=O)N(c2ccc(F)cc2)C1. The van der Waals surface area contributed by atoms with E-state index < -0.39 is 5.92 Å². The number of carbonyl (C=O) groups excluding carboxylic acids is 2. The third-order valence-corrected chi connectivity index (χ3v) is 7.03. The number of benzene rings is 1. The monoisotopic (exact) mass is 424 g/mol. The molecule has 0 spiro atoms. The van der Waals surface area contributed by atoms with Gasteiger partial charge in [-0.3, -0.25) is 14.3 Å². The maximum absolute atomic E-state index is 13.2. The van der Waals surface area contributed by atoms with Crippen molar-refractivity contribution in [1.29, 1.82) is 0 Å². The van der Waals surface area contributed by atoms with Crippen LogP contribution in [0.2, 0.25) is 0 Å². The van der Waals surface area contributed by atoms with Gasteiger partial charge >= 0.3 is 0 Å². The molecule has 0 bridgehead atoms. The summed E-state index contributed by atoms with van der Waals surface area (Å²) in [6.07, 6.45) is 9.61. The summed E-state index contributed by atoms with van der Waals surface area (Å²) in [5.74, 6) is -0.956. The highest BCUT2D eigenvalue weighted by molar-refractivity contribution is 6.00. The van der Waals surface area contributed by atoms with Gasteiger partial charge in [-0.25, -0.2) is 4.39 Å². The van der Waals surface area contributed by atoms with Crippen LogP contribution in [0.5, 0.6) is 0 Å². The molecular formula is C24H29FN4O2. The van der Waals surface area contributed by atoms with Crippen LogP contribution in [0, 0.1) is 11.7 Å². The Bertz CT molecular complexity index is 978. The molecule has 1 aliphatic heterocycles. The Morgan fingerprint density at radius 1 is 1.10 bits per heavy atom. The Balaban J connectivity index is 1.26. The van der Waals surface area contributed by atoms with E-state index in [-0.39, 0.29) is 24.1 Å². The highest BCUT2D eigenvalue weighted by Crippen LogP contribution is 2.34. The van der Waals surface area contributed by atoms with Crippen LogP contribution in [0.4, 0.5) is 10.1 Å². The van der Waals surface area contributed by atoms with E-state index in [1.807, 2.05) is 0 Å². The second-order valence-corrected chi connectivity index (χ2v) is 9.06. The van der Waals surface area contributed by atoms with Crippen LogP contribution in [0.15, 0.2) is 24.3 Å². The van der Waals surface area contributed by atoms with Crippen molar-refractivity contribution in [3.63, 3.8) is 0 Å². The smallest absolute Gasteiger partial charge is 0.227 e. The zero-order valence-corrected chi connectivity index (χ0v) is 17.8. The molecule has 2 amide bonds. The molecule has 6 nitrogen and oxygen atoms in total. The normalized spacial score (nSPS) is 21.5. The predicted octanol–water partition coefficient (Wildman–Crippen LogP) is 3.69. The molecule has 1 aromatic carbocycles. The average molecular weight is 425 g/mol. The standard InChI is InChI=1S/C24H29FN4O2/c25-17-9-11-18(12-10-17)28-15-16(13-23(28)30)24(31)26-14-21-20-7-3-4-8-22(20)29(27-21)19-5-1-2-6-19/h9-12,16,19H,1-8,13-15H2,(H,26,31)/t16-/m0/s1. The van der Waals surface area contributed by atoms with E-state index in [9.17, 15) is 14.0 Å². The van der Waals surface area contributed by atoms with Crippen molar-refractivity contribution in [2.45, 2.75) is 70.4 Å². The molecule has 3 aliphatic rings. The van der Waals surface area contributed by atoms with Gasteiger partial charge in [0.2, 0.25) is 11.8 Å². The van der Waals surface area contributed by atoms with Gasteiger partial charge in [-0.2, -0.15) is 5.10 Å². The van der Waals surface area contributed by atoms with Crippen LogP contribution in [0.1, 0.15) is 67.9 Å². The first-order valence-corrected chi connectivity index (χ1v) is 11.5. The van der Waals surface area contributed by atoms with Crippen molar-refractivity contribution >= 4 is 17.5 Å². The molecule has 1 N–H and O–H groups in total. The zero-order valence-electron chi connectivity index (χ0n) is 17.8. The van der Waals surface area contributed by atoms with Gasteiger partial charge in [-0.1, -0.05) is 12.8 Å². The number of aromatic nitrogens is 2. The number of amides is 2. The van der Waals surface area contributed by atoms with Gasteiger partial charge in [0.05, 0.1) is 24.2 Å². The number of nitrogens with zero attached hydrogens (tertiary/aromatic N) is 3. The van der Waals surface area contributed by atoms with Crippen molar-refractivity contribution in [3.05, 3.63) is 47.0 Å². The third-order valence-electron chi connectivity index (χ3n) is 7.03. The summed E-state index contributed by atoms with van der Waals surface area (Å²) in [4.78, 5) is 26.8. The average Bonchev–Trinajstić information content (AvgIpc) is 3.51. The van der Waals surface area contributed by atoms with Crippen LogP contribution in [-0.2, 0) is 29.0 Å². The quantitative estimate of drug-likeness (QED) is 0.796. The maximum atomic E-state index is 13.2. The van der Waals surface area contributed by atoms with Gasteiger partial charge in [0.25, 0.3) is 0 Å². The lowest BCUT2D eigenvalue weighted by atomic mass is 9.95. The highest BCUT2D eigenvalue weighted by Gasteiger charge is 2.35. The Kier molecular flexibility index (Phi) is 5.50. The number of fused-ring (bicyclic) bond motifs is 1. The van der Waals surface area contributed by atoms with E-state index in [1.165, 1.54) is 61.9 Å². The topological polar surface area (TPSA) is 67.2 Å². The Morgan fingerprint density at radius 2 is 1.84 bits per heavy atom. The lowest BCUT2D eigenvalue weighted by Crippen LogP contribution is -2.33. The minimum Gasteiger partial charge on any atom is -0.350 e. The van der Waals surface area contributed by atoms with Crippen molar-refractivity contribution in [3.8, 4) is 0 Å². The molecule has 164 valence electrons. The summed E-state index contributed by atoms with van der Waals surface area (Å²) >= 11 is 0. The molecule has 31 heavy (non-hydrogen) atoms. The maximum Gasteiger partial charge on any atom is 0.227 e. The molecule has 2 fully saturated rings. The lowest BCUT2D eigenvalue weighted by molar-refractivity contribution is -0.126. The highest BCUT2D eigenvalue weighted by atomic mass is 19.1. The van der Waals surface area contributed by atoms with Crippen LogP contribution < -0.4 is 10.2 Å². The Morgan fingerprint density at radius 3 is 2.61 bits per heavy atom. The van der Waals surface area contributed by atoms with Crippen molar-refractivity contribution in [2.75, 3.05) is 11.4 Å². The summed E-state index contributed by atoms with van der Waals surface area (Å²) in [7, 11) is 0. The molecule has 7 heteroatoms. The van der Waals surface area contributed by atoms with Gasteiger partial charge in [0.15, 0.2) is 0 Å². The van der Waals surface area contributed by atoms with E-state index in [0.29, 0.717) is 24.8 Å². The molecular weight excluding hydrogens is 395 g/mol. The summed E-state index contributed by atoms with van der Waals surface area (Å²) in [5, 5.41) is 7.99. The molecule has 1 saturated heterocycles. The molecule has 2 heterocycles. The van der Waals surface area contributed by atoms with Gasteiger partial charge in [0, 0.05) is 24.3 Å². The summed E-state index contributed by atoms with van der Waals surface area (Å²) in [6.45, 7) is 0.743. The first-order valence-electron chi connectivity index (χ1n) is 11.5. The van der Waals surface area contributed by atoms with Gasteiger partial charge in [0.1, 0.15) is 5.82 Å². The molecule has 2 aliphatic carbocycles. The van der Waals surface area contributed by atoms with Gasteiger partial charge in [-0.15, -0.1) is 0 Å². The van der Waals surface area contributed by atoms with E-state index in [0.717, 1.165) is 18.5 Å². The van der Waals surface area contributed by atoms with E-state index in [1.54, 1.807) is 17.0 Å². The second kappa shape index (κ2) is 8.44. The summed E-state index contributed by atoms with van der Waals surface area (Å²) in [5.41, 5.74) is 4.33. The molecule has 0 unspecified atom stereocenters. The number of hydrogen-bond donors (Lipinski definition) is 1. The molecule has 1 atom stereocenters. The van der Waals surface area contributed by atoms with Crippen LogP contribution >= 0.6 is 0 Å². The van der Waals surface area contributed by atoms with Gasteiger partial charge in [-0.05, 0) is 68.4 Å². The van der Waals surface area contributed by atoms with Crippen LogP contribution in [0.25, 0.3) is 0 Å². The fourth-order valence-electron chi connectivity index (χ4n) is 5.37. The van der Waals surface area contributed by atoms with E-state index in [2.05, 4.69) is 10.00 Å². The predicted molar refractivity (Wildman–Crippen MR) is 115 cm³/mol. The largest absolute Gasteiger partial charge is 0.350 e. The number of hydrogen-bond acceptors (Lipinski definition) is 3. The van der Waals surface area contributed by atoms with Crippen LogP contribution in [0.3, 0.4) is 0 Å². The Labute approximate surface area is 181 Å². The number of carbonyl (C=O) groups is 2. The number of anilines is 1.